The van der Waals surface area contributed by atoms with Crippen LogP contribution in [0.4, 0.5) is 5.69 Å². The molecule has 1 unspecified atom stereocenters. The molecule has 1 aliphatic heterocycles. The molecule has 140 valence electrons. The minimum atomic E-state index is -0.256. The van der Waals surface area contributed by atoms with Crippen LogP contribution in [0.25, 0.3) is 0 Å². The smallest absolute Gasteiger partial charge is 0.253 e. The molecule has 0 bridgehead atoms. The summed E-state index contributed by atoms with van der Waals surface area (Å²) in [6, 6.07) is 8.87. The van der Waals surface area contributed by atoms with E-state index in [0.29, 0.717) is 29.4 Å². The van der Waals surface area contributed by atoms with Crippen molar-refractivity contribution in [3.8, 4) is 0 Å². The van der Waals surface area contributed by atoms with Crippen molar-refractivity contribution in [1.29, 1.82) is 0 Å². The van der Waals surface area contributed by atoms with E-state index in [2.05, 4.69) is 16.0 Å². The molecule has 1 atom stereocenters. The van der Waals surface area contributed by atoms with Crippen molar-refractivity contribution in [3.05, 3.63) is 51.2 Å². The normalized spacial score (nSPS) is 16.4. The zero-order valence-corrected chi connectivity index (χ0v) is 16.5. The Hall–Kier alpha value is -1.60. The first-order chi connectivity index (χ1) is 12.1. The van der Waals surface area contributed by atoms with Gasteiger partial charge in [-0.3, -0.25) is 9.59 Å². The van der Waals surface area contributed by atoms with Gasteiger partial charge in [0.05, 0.1) is 23.0 Å². The number of hydrogen-bond donors (Lipinski definition) is 3. The second-order valence-corrected chi connectivity index (χ2v) is 7.43. The number of amides is 2. The van der Waals surface area contributed by atoms with Crippen LogP contribution in [0, 0.1) is 5.92 Å². The molecule has 2 heterocycles. The van der Waals surface area contributed by atoms with Crippen LogP contribution in [0.2, 0.25) is 5.02 Å². The van der Waals surface area contributed by atoms with E-state index in [1.165, 1.54) is 0 Å². The van der Waals surface area contributed by atoms with Gasteiger partial charge in [-0.15, -0.1) is 23.7 Å². The van der Waals surface area contributed by atoms with Gasteiger partial charge in [0.15, 0.2) is 0 Å². The molecule has 0 spiro atoms. The summed E-state index contributed by atoms with van der Waals surface area (Å²) in [5, 5.41) is 11.3. The van der Waals surface area contributed by atoms with Gasteiger partial charge in [0.25, 0.3) is 5.91 Å². The standard InChI is InChI=1S/C18H20ClN3O2S.ClH/c19-16-6-5-13(22-17(23)12-3-1-7-20-10-12)9-15(16)18(24)21-11-14-4-2-8-25-14;/h2,4-6,8-9,12,20H,1,3,7,10-11H2,(H,21,24)(H,22,23);1H. The molecular formula is C18H21Cl2N3O2S. The first-order valence-electron chi connectivity index (χ1n) is 8.25. The summed E-state index contributed by atoms with van der Waals surface area (Å²) in [6.45, 7) is 2.10. The van der Waals surface area contributed by atoms with E-state index in [1.54, 1.807) is 29.5 Å². The van der Waals surface area contributed by atoms with Gasteiger partial charge in [-0.05, 0) is 49.0 Å². The van der Waals surface area contributed by atoms with Gasteiger partial charge >= 0.3 is 0 Å². The molecule has 5 nitrogen and oxygen atoms in total. The average Bonchev–Trinajstić information content (AvgIpc) is 3.15. The predicted octanol–water partition coefficient (Wildman–Crippen LogP) is 3.69. The highest BCUT2D eigenvalue weighted by molar-refractivity contribution is 7.09. The lowest BCUT2D eigenvalue weighted by Gasteiger charge is -2.22. The van der Waals surface area contributed by atoms with Gasteiger partial charge in [0.1, 0.15) is 0 Å². The Balaban J connectivity index is 0.00000243. The molecule has 1 aliphatic rings. The SMILES string of the molecule is Cl.O=C(NCc1cccs1)c1cc(NC(=O)C2CCCNC2)ccc1Cl. The van der Waals surface area contributed by atoms with Crippen molar-refractivity contribution >= 4 is 52.8 Å². The topological polar surface area (TPSA) is 70.2 Å². The summed E-state index contributed by atoms with van der Waals surface area (Å²) >= 11 is 7.74. The van der Waals surface area contributed by atoms with Crippen LogP contribution >= 0.6 is 35.3 Å². The van der Waals surface area contributed by atoms with Crippen LogP contribution in [0.5, 0.6) is 0 Å². The van der Waals surface area contributed by atoms with Gasteiger partial charge in [-0.1, -0.05) is 17.7 Å². The summed E-state index contributed by atoms with van der Waals surface area (Å²) in [5.41, 5.74) is 0.944. The number of anilines is 1. The Labute approximate surface area is 167 Å². The molecule has 0 aliphatic carbocycles. The molecule has 0 saturated carbocycles. The summed E-state index contributed by atoms with van der Waals surface area (Å²) in [5.74, 6) is -0.325. The molecule has 1 fully saturated rings. The van der Waals surface area contributed by atoms with E-state index in [0.717, 1.165) is 24.3 Å². The number of carbonyl (C=O) groups is 2. The Bertz CT molecular complexity index is 747. The Morgan fingerprint density at radius 1 is 1.31 bits per heavy atom. The first kappa shape index (κ1) is 20.7. The van der Waals surface area contributed by atoms with Crippen molar-refractivity contribution in [3.63, 3.8) is 0 Å². The first-order valence-corrected chi connectivity index (χ1v) is 9.51. The largest absolute Gasteiger partial charge is 0.347 e. The van der Waals surface area contributed by atoms with Gasteiger partial charge in [-0.2, -0.15) is 0 Å². The number of halogens is 2. The van der Waals surface area contributed by atoms with E-state index >= 15 is 0 Å². The van der Waals surface area contributed by atoms with Crippen LogP contribution in [0.15, 0.2) is 35.7 Å². The molecule has 1 aromatic carbocycles. The number of piperidine rings is 1. The minimum absolute atomic E-state index is 0. The third-order valence-electron chi connectivity index (χ3n) is 4.15. The molecule has 1 aromatic heterocycles. The number of nitrogens with one attached hydrogen (secondary N) is 3. The molecule has 3 N–H and O–H groups in total. The van der Waals surface area contributed by atoms with Crippen LogP contribution in [-0.2, 0) is 11.3 Å². The minimum Gasteiger partial charge on any atom is -0.347 e. The highest BCUT2D eigenvalue weighted by atomic mass is 35.5. The quantitative estimate of drug-likeness (QED) is 0.699. The Morgan fingerprint density at radius 3 is 2.85 bits per heavy atom. The molecule has 2 amide bonds. The van der Waals surface area contributed by atoms with Crippen LogP contribution < -0.4 is 16.0 Å². The van der Waals surface area contributed by atoms with Gasteiger partial charge < -0.3 is 16.0 Å². The van der Waals surface area contributed by atoms with Gasteiger partial charge in [0.2, 0.25) is 5.91 Å². The highest BCUT2D eigenvalue weighted by Crippen LogP contribution is 2.22. The second kappa shape index (κ2) is 9.92. The summed E-state index contributed by atoms with van der Waals surface area (Å²) in [6.07, 6.45) is 1.87. The molecule has 8 heteroatoms. The van der Waals surface area contributed by atoms with Crippen LogP contribution in [0.3, 0.4) is 0 Å². The molecule has 2 aromatic rings. The van der Waals surface area contributed by atoms with Crippen molar-refractivity contribution in [1.82, 2.24) is 10.6 Å². The van der Waals surface area contributed by atoms with Crippen molar-refractivity contribution in [2.24, 2.45) is 5.92 Å². The lowest BCUT2D eigenvalue weighted by molar-refractivity contribution is -0.120. The average molecular weight is 414 g/mol. The highest BCUT2D eigenvalue weighted by Gasteiger charge is 2.21. The van der Waals surface area contributed by atoms with Crippen molar-refractivity contribution in [2.75, 3.05) is 18.4 Å². The number of hydrogen-bond acceptors (Lipinski definition) is 4. The number of carbonyl (C=O) groups excluding carboxylic acids is 2. The van der Waals surface area contributed by atoms with E-state index in [-0.39, 0.29) is 30.1 Å². The van der Waals surface area contributed by atoms with E-state index in [4.69, 9.17) is 11.6 Å². The Kier molecular flexibility index (Phi) is 7.90. The summed E-state index contributed by atoms with van der Waals surface area (Å²) < 4.78 is 0. The van der Waals surface area contributed by atoms with Crippen molar-refractivity contribution in [2.45, 2.75) is 19.4 Å². The maximum absolute atomic E-state index is 12.4. The zero-order chi connectivity index (χ0) is 17.6. The van der Waals surface area contributed by atoms with Gasteiger partial charge in [0, 0.05) is 17.1 Å². The molecule has 3 rings (SSSR count). The predicted molar refractivity (Wildman–Crippen MR) is 108 cm³/mol. The molecule has 26 heavy (non-hydrogen) atoms. The third kappa shape index (κ3) is 5.45. The summed E-state index contributed by atoms with van der Waals surface area (Å²) in [4.78, 5) is 25.8. The monoisotopic (exact) mass is 413 g/mol. The van der Waals surface area contributed by atoms with Crippen molar-refractivity contribution < 1.29 is 9.59 Å². The van der Waals surface area contributed by atoms with E-state index in [1.807, 2.05) is 17.5 Å². The fraction of sp³-hybridized carbons (Fsp3) is 0.333. The van der Waals surface area contributed by atoms with Crippen LogP contribution in [0.1, 0.15) is 28.1 Å². The lowest BCUT2D eigenvalue weighted by atomic mass is 9.98. The molecular weight excluding hydrogens is 393 g/mol. The molecule has 1 saturated heterocycles. The fourth-order valence-corrected chi connectivity index (χ4v) is 3.62. The molecule has 0 radical (unpaired) electrons. The van der Waals surface area contributed by atoms with Crippen LogP contribution in [-0.4, -0.2) is 24.9 Å². The number of benzene rings is 1. The van der Waals surface area contributed by atoms with Gasteiger partial charge in [-0.25, -0.2) is 0 Å². The zero-order valence-electron chi connectivity index (χ0n) is 14.1. The number of thiophene rings is 1. The second-order valence-electron chi connectivity index (χ2n) is 5.99. The fourth-order valence-electron chi connectivity index (χ4n) is 2.77. The maximum Gasteiger partial charge on any atom is 0.253 e. The number of rotatable bonds is 5. The maximum atomic E-state index is 12.4. The van der Waals surface area contributed by atoms with E-state index < -0.39 is 0 Å². The summed E-state index contributed by atoms with van der Waals surface area (Å²) in [7, 11) is 0. The lowest BCUT2D eigenvalue weighted by Crippen LogP contribution is -2.37. The Morgan fingerprint density at radius 2 is 2.15 bits per heavy atom. The third-order valence-corrected chi connectivity index (χ3v) is 5.36. The van der Waals surface area contributed by atoms with E-state index in [9.17, 15) is 9.59 Å².